The van der Waals surface area contributed by atoms with Crippen LogP contribution in [-0.2, 0) is 9.59 Å². The standard InChI is InChI=1S/C29H38N2O2/c32-26(28-12-18-6-19(13-28)8-20(7-18)14-28)30-24-4-2-1-3-5-25(24)31-27(33)29-15-21-9-22(16-29)11-23(10-21)17-29/h2-5,18-23H,1,6-17H2,(H,30,32)(H,31,33). The van der Waals surface area contributed by atoms with Crippen molar-refractivity contribution in [3.8, 4) is 0 Å². The number of amides is 2. The molecule has 9 aliphatic carbocycles. The lowest BCUT2D eigenvalue weighted by molar-refractivity contribution is -0.146. The van der Waals surface area contributed by atoms with Gasteiger partial charge in [-0.1, -0.05) is 12.2 Å². The molecule has 8 bridgehead atoms. The minimum absolute atomic E-state index is 0.180. The van der Waals surface area contributed by atoms with Crippen LogP contribution >= 0.6 is 0 Å². The van der Waals surface area contributed by atoms with Crippen molar-refractivity contribution >= 4 is 11.8 Å². The fraction of sp³-hybridized carbons (Fsp3) is 0.724. The van der Waals surface area contributed by atoms with Gasteiger partial charge in [-0.05, 0) is 131 Å². The number of nitrogens with one attached hydrogen (secondary N) is 2. The number of rotatable bonds is 4. The second-order valence-electron chi connectivity index (χ2n) is 13.2. The summed E-state index contributed by atoms with van der Waals surface area (Å²) in [5.74, 6) is 4.89. The third kappa shape index (κ3) is 3.38. The molecule has 2 N–H and O–H groups in total. The van der Waals surface area contributed by atoms with Crippen LogP contribution in [0.4, 0.5) is 0 Å². The predicted octanol–water partition coefficient (Wildman–Crippen LogP) is 5.38. The summed E-state index contributed by atoms with van der Waals surface area (Å²) in [5.41, 5.74) is 1.23. The first-order chi connectivity index (χ1) is 16.0. The number of carbonyl (C=O) groups is 2. The fourth-order valence-corrected chi connectivity index (χ4v) is 10.1. The molecular weight excluding hydrogens is 408 g/mol. The van der Waals surface area contributed by atoms with E-state index >= 15 is 0 Å². The Hall–Kier alpha value is -1.84. The molecule has 0 spiro atoms. The van der Waals surface area contributed by atoms with Crippen LogP contribution in [0.25, 0.3) is 0 Å². The van der Waals surface area contributed by atoms with Crippen molar-refractivity contribution in [3.63, 3.8) is 0 Å². The first-order valence-electron chi connectivity index (χ1n) is 13.7. The van der Waals surface area contributed by atoms with E-state index in [9.17, 15) is 9.59 Å². The van der Waals surface area contributed by atoms with E-state index in [1.807, 2.05) is 12.2 Å². The van der Waals surface area contributed by atoms with Crippen LogP contribution in [0.5, 0.6) is 0 Å². The number of hydrogen-bond acceptors (Lipinski definition) is 2. The third-order valence-electron chi connectivity index (χ3n) is 10.7. The zero-order valence-corrected chi connectivity index (χ0v) is 19.8. The van der Waals surface area contributed by atoms with Crippen molar-refractivity contribution in [2.45, 2.75) is 83.5 Å². The Morgan fingerprint density at radius 3 is 1.18 bits per heavy atom. The van der Waals surface area contributed by atoms with Crippen LogP contribution in [0.15, 0.2) is 35.7 Å². The van der Waals surface area contributed by atoms with E-state index in [1.165, 1.54) is 38.5 Å². The zero-order valence-electron chi connectivity index (χ0n) is 19.8. The molecule has 9 rings (SSSR count). The van der Waals surface area contributed by atoms with Gasteiger partial charge in [0.2, 0.25) is 11.8 Å². The molecule has 0 heterocycles. The summed E-state index contributed by atoms with van der Waals surface area (Å²) in [6, 6.07) is 0. The fourth-order valence-electron chi connectivity index (χ4n) is 10.1. The molecule has 4 nitrogen and oxygen atoms in total. The molecule has 9 aliphatic rings. The number of hydrogen-bond donors (Lipinski definition) is 2. The third-order valence-corrected chi connectivity index (χ3v) is 10.7. The first kappa shape index (κ1) is 20.5. The first-order valence-corrected chi connectivity index (χ1v) is 13.7. The summed E-state index contributed by atoms with van der Waals surface area (Å²) in [6.45, 7) is 0. The Labute approximate surface area is 197 Å². The van der Waals surface area contributed by atoms with Gasteiger partial charge in [-0.15, -0.1) is 0 Å². The quantitative estimate of drug-likeness (QED) is 0.609. The maximum Gasteiger partial charge on any atom is 0.230 e. The molecule has 176 valence electrons. The van der Waals surface area contributed by atoms with Gasteiger partial charge in [0.25, 0.3) is 0 Å². The van der Waals surface area contributed by atoms with Crippen molar-refractivity contribution in [2.75, 3.05) is 0 Å². The Balaban J connectivity index is 1.13. The molecule has 8 saturated carbocycles. The number of carbonyl (C=O) groups excluding carboxylic acids is 2. The largest absolute Gasteiger partial charge is 0.324 e. The van der Waals surface area contributed by atoms with Gasteiger partial charge in [0.1, 0.15) is 0 Å². The highest BCUT2D eigenvalue weighted by molar-refractivity contribution is 5.87. The van der Waals surface area contributed by atoms with E-state index in [-0.39, 0.29) is 22.6 Å². The van der Waals surface area contributed by atoms with Crippen LogP contribution < -0.4 is 10.6 Å². The van der Waals surface area contributed by atoms with Crippen LogP contribution in [0, 0.1) is 46.3 Å². The lowest BCUT2D eigenvalue weighted by atomic mass is 9.49. The van der Waals surface area contributed by atoms with Crippen molar-refractivity contribution in [1.82, 2.24) is 10.6 Å². The lowest BCUT2D eigenvalue weighted by Gasteiger charge is -2.56. The van der Waals surface area contributed by atoms with E-state index in [0.29, 0.717) is 0 Å². The molecule has 8 fully saturated rings. The van der Waals surface area contributed by atoms with Gasteiger partial charge < -0.3 is 10.6 Å². The molecule has 33 heavy (non-hydrogen) atoms. The zero-order chi connectivity index (χ0) is 22.2. The summed E-state index contributed by atoms with van der Waals surface area (Å²) in [5, 5.41) is 6.67. The van der Waals surface area contributed by atoms with Crippen molar-refractivity contribution < 1.29 is 9.59 Å². The van der Waals surface area contributed by atoms with E-state index < -0.39 is 0 Å². The Kier molecular flexibility index (Phi) is 4.56. The maximum absolute atomic E-state index is 13.7. The van der Waals surface area contributed by atoms with Crippen molar-refractivity contribution in [1.29, 1.82) is 0 Å². The average molecular weight is 447 g/mol. The van der Waals surface area contributed by atoms with Crippen molar-refractivity contribution in [2.24, 2.45) is 46.3 Å². The van der Waals surface area contributed by atoms with E-state index in [0.717, 1.165) is 91.8 Å². The molecule has 4 heteroatoms. The average Bonchev–Trinajstić information content (AvgIpc) is 2.97. The van der Waals surface area contributed by atoms with Crippen LogP contribution in [-0.4, -0.2) is 11.8 Å². The molecule has 0 unspecified atom stereocenters. The van der Waals surface area contributed by atoms with Gasteiger partial charge in [0.05, 0.1) is 22.2 Å². The smallest absolute Gasteiger partial charge is 0.230 e. The lowest BCUT2D eigenvalue weighted by Crippen LogP contribution is -2.54. The Morgan fingerprint density at radius 1 is 0.576 bits per heavy atom. The van der Waals surface area contributed by atoms with Gasteiger partial charge in [0, 0.05) is 0 Å². The molecule has 0 atom stereocenters. The minimum Gasteiger partial charge on any atom is -0.324 e. The maximum atomic E-state index is 13.7. The van der Waals surface area contributed by atoms with Crippen LogP contribution in [0.3, 0.4) is 0 Å². The summed E-state index contributed by atoms with van der Waals surface area (Å²) in [6.07, 6.45) is 23.5. The Bertz CT molecular complexity index is 824. The summed E-state index contributed by atoms with van der Waals surface area (Å²) >= 11 is 0. The molecule has 0 aromatic heterocycles. The molecule has 2 amide bonds. The van der Waals surface area contributed by atoms with E-state index in [1.54, 1.807) is 0 Å². The molecule has 0 radical (unpaired) electrons. The highest BCUT2D eigenvalue weighted by Crippen LogP contribution is 2.61. The normalized spacial score (nSPS) is 46.5. The van der Waals surface area contributed by atoms with Gasteiger partial charge in [-0.2, -0.15) is 0 Å². The molecule has 0 aromatic carbocycles. The monoisotopic (exact) mass is 446 g/mol. The van der Waals surface area contributed by atoms with Crippen molar-refractivity contribution in [3.05, 3.63) is 35.7 Å². The topological polar surface area (TPSA) is 58.2 Å². The molecule has 0 saturated heterocycles. The second kappa shape index (κ2) is 7.33. The van der Waals surface area contributed by atoms with Gasteiger partial charge >= 0.3 is 0 Å². The highest BCUT2D eigenvalue weighted by Gasteiger charge is 2.56. The van der Waals surface area contributed by atoms with E-state index in [2.05, 4.69) is 22.8 Å². The van der Waals surface area contributed by atoms with Gasteiger partial charge in [-0.25, -0.2) is 0 Å². The summed E-state index contributed by atoms with van der Waals surface area (Å²) in [7, 11) is 0. The van der Waals surface area contributed by atoms with Gasteiger partial charge in [0.15, 0.2) is 0 Å². The summed E-state index contributed by atoms with van der Waals surface area (Å²) in [4.78, 5) is 27.4. The van der Waals surface area contributed by atoms with Crippen LogP contribution in [0.1, 0.15) is 83.5 Å². The molecule has 0 aromatic rings. The second-order valence-corrected chi connectivity index (χ2v) is 13.2. The van der Waals surface area contributed by atoms with E-state index in [4.69, 9.17) is 0 Å². The minimum atomic E-state index is -0.180. The van der Waals surface area contributed by atoms with Crippen LogP contribution in [0.2, 0.25) is 0 Å². The Morgan fingerprint density at radius 2 is 0.879 bits per heavy atom. The van der Waals surface area contributed by atoms with Gasteiger partial charge in [-0.3, -0.25) is 9.59 Å². The molecular formula is C29H38N2O2. The SMILES string of the molecule is O=C(NC1=C(NC(=O)C23CC4CC(CC(C4)C2)C3)C=CCC=C1)C12CC3CC(CC(C3)C1)C2. The number of allylic oxidation sites excluding steroid dienone is 4. The highest BCUT2D eigenvalue weighted by atomic mass is 16.2. The summed E-state index contributed by atoms with van der Waals surface area (Å²) < 4.78 is 0. The predicted molar refractivity (Wildman–Crippen MR) is 127 cm³/mol. The molecule has 0 aliphatic heterocycles.